The van der Waals surface area contributed by atoms with Crippen LogP contribution in [0.15, 0.2) is 182 Å². The van der Waals surface area contributed by atoms with Gasteiger partial charge in [0.05, 0.1) is 0 Å². The summed E-state index contributed by atoms with van der Waals surface area (Å²) in [6, 6.07) is 68.1. The first-order chi connectivity index (χ1) is 27.6. The molecule has 1 heterocycles. The molecule has 0 N–H and O–H groups in total. The first kappa shape index (κ1) is 31.8. The molecule has 0 atom stereocenters. The van der Waals surface area contributed by atoms with Crippen LogP contribution >= 0.6 is 11.3 Å². The minimum Gasteiger partial charge on any atom is -0.135 e. The molecule has 0 fully saturated rings. The molecule has 0 aliphatic heterocycles. The molecule has 0 saturated carbocycles. The van der Waals surface area contributed by atoms with Gasteiger partial charge in [0.15, 0.2) is 0 Å². The van der Waals surface area contributed by atoms with Gasteiger partial charge in [0, 0.05) is 31.2 Å². The molecule has 0 amide bonds. The van der Waals surface area contributed by atoms with Crippen molar-refractivity contribution >= 4 is 74.6 Å². The highest BCUT2D eigenvalue weighted by Gasteiger charge is 2.38. The maximum atomic E-state index is 2.45. The largest absolute Gasteiger partial charge is 0.135 e. The van der Waals surface area contributed by atoms with Crippen LogP contribution in [0.3, 0.4) is 0 Å². The molecule has 262 valence electrons. The molecule has 0 spiro atoms. The second-order valence-corrected chi connectivity index (χ2v) is 17.0. The minimum atomic E-state index is -0.104. The monoisotopic (exact) mass is 728 g/mol. The van der Waals surface area contributed by atoms with Gasteiger partial charge in [-0.1, -0.05) is 184 Å². The van der Waals surface area contributed by atoms with Gasteiger partial charge in [-0.25, -0.2) is 0 Å². The molecule has 0 nitrogen and oxygen atoms in total. The Kier molecular flexibility index (Phi) is 6.66. The molecule has 1 heteroatoms. The lowest BCUT2D eigenvalue weighted by Gasteiger charge is -2.24. The number of hydrogen-bond donors (Lipinski definition) is 0. The van der Waals surface area contributed by atoms with Gasteiger partial charge in [-0.2, -0.15) is 0 Å². The van der Waals surface area contributed by atoms with Crippen LogP contribution in [-0.2, 0) is 5.41 Å². The van der Waals surface area contributed by atoms with Crippen molar-refractivity contribution in [3.8, 4) is 44.5 Å². The second kappa shape index (κ2) is 11.7. The molecular weight excluding hydrogens is 693 g/mol. The van der Waals surface area contributed by atoms with Crippen molar-refractivity contribution in [3.05, 3.63) is 193 Å². The maximum absolute atomic E-state index is 2.45. The number of benzene rings is 10. The fraction of sp³-hybridized carbons (Fsp3) is 0.0545. The fourth-order valence-corrected chi connectivity index (χ4v) is 11.4. The molecule has 1 aromatic heterocycles. The van der Waals surface area contributed by atoms with Crippen molar-refractivity contribution in [3.63, 3.8) is 0 Å². The molecule has 1 aliphatic carbocycles. The van der Waals surface area contributed by atoms with Gasteiger partial charge in [0.2, 0.25) is 0 Å². The zero-order valence-corrected chi connectivity index (χ0v) is 32.0. The third-order valence-electron chi connectivity index (χ3n) is 12.6. The van der Waals surface area contributed by atoms with Crippen LogP contribution < -0.4 is 0 Å². The Morgan fingerprint density at radius 1 is 0.339 bits per heavy atom. The van der Waals surface area contributed by atoms with Gasteiger partial charge in [-0.05, 0) is 105 Å². The van der Waals surface area contributed by atoms with Gasteiger partial charge in [-0.15, -0.1) is 11.3 Å². The molecule has 12 rings (SSSR count). The molecule has 1 aliphatic rings. The lowest BCUT2D eigenvalue weighted by atomic mass is 9.79. The lowest BCUT2D eigenvalue weighted by Crippen LogP contribution is -2.15. The van der Waals surface area contributed by atoms with Crippen LogP contribution in [0.2, 0.25) is 0 Å². The summed E-state index contributed by atoms with van der Waals surface area (Å²) >= 11 is 1.90. The summed E-state index contributed by atoms with van der Waals surface area (Å²) in [4.78, 5) is 0. The summed E-state index contributed by atoms with van der Waals surface area (Å²) in [7, 11) is 0. The van der Waals surface area contributed by atoms with Gasteiger partial charge in [0.1, 0.15) is 0 Å². The van der Waals surface area contributed by atoms with E-state index in [0.29, 0.717) is 0 Å². The highest BCUT2D eigenvalue weighted by atomic mass is 32.1. The molecule has 10 aromatic carbocycles. The quantitative estimate of drug-likeness (QED) is 0.126. The highest BCUT2D eigenvalue weighted by molar-refractivity contribution is 7.26. The van der Waals surface area contributed by atoms with E-state index in [2.05, 4.69) is 196 Å². The first-order valence-electron chi connectivity index (χ1n) is 19.6. The topological polar surface area (TPSA) is 0 Å². The molecule has 0 radical (unpaired) electrons. The lowest BCUT2D eigenvalue weighted by molar-refractivity contribution is 0.666. The van der Waals surface area contributed by atoms with Gasteiger partial charge >= 0.3 is 0 Å². The molecule has 0 bridgehead atoms. The van der Waals surface area contributed by atoms with E-state index in [1.807, 2.05) is 11.3 Å². The van der Waals surface area contributed by atoms with E-state index < -0.39 is 0 Å². The summed E-state index contributed by atoms with van der Waals surface area (Å²) in [5.41, 5.74) is 13.1. The Balaban J connectivity index is 1.03. The predicted octanol–water partition coefficient (Wildman–Crippen LogP) is 16.0. The Labute approximate surface area is 329 Å². The van der Waals surface area contributed by atoms with E-state index in [9.17, 15) is 0 Å². The Bertz CT molecular complexity index is 3370. The average Bonchev–Trinajstić information content (AvgIpc) is 3.75. The third kappa shape index (κ3) is 4.35. The van der Waals surface area contributed by atoms with Crippen molar-refractivity contribution in [2.24, 2.45) is 0 Å². The number of fused-ring (bicyclic) bond motifs is 13. The van der Waals surface area contributed by atoms with Crippen LogP contribution in [0.4, 0.5) is 0 Å². The van der Waals surface area contributed by atoms with Crippen LogP contribution in [-0.4, -0.2) is 0 Å². The van der Waals surface area contributed by atoms with Gasteiger partial charge in [0.25, 0.3) is 0 Å². The number of hydrogen-bond acceptors (Lipinski definition) is 1. The van der Waals surface area contributed by atoms with Crippen molar-refractivity contribution in [2.45, 2.75) is 19.3 Å². The van der Waals surface area contributed by atoms with E-state index in [4.69, 9.17) is 0 Å². The molecule has 0 saturated heterocycles. The molecule has 56 heavy (non-hydrogen) atoms. The zero-order chi connectivity index (χ0) is 37.1. The standard InChI is InChI=1S/C55H36S/c1-55(2)48-31-30-35(32-47(48)52-39-17-5-3-14-36(39)37-15-4-10-22-44(37)53(52)55)33-26-28-34(29-27-33)50-40-18-6-8-20-42(40)51(43-21-9-7-19-41(43)50)46-24-13-23-45-38-16-11-12-25-49(38)56-54(45)46/h3-32H,1-2H3. The number of rotatable bonds is 3. The summed E-state index contributed by atoms with van der Waals surface area (Å²) < 4.78 is 2.68. The summed E-state index contributed by atoms with van der Waals surface area (Å²) in [5, 5.41) is 13.2. The van der Waals surface area contributed by atoms with E-state index >= 15 is 0 Å². The van der Waals surface area contributed by atoms with E-state index in [0.717, 1.165) is 0 Å². The van der Waals surface area contributed by atoms with Crippen molar-refractivity contribution in [2.75, 3.05) is 0 Å². The van der Waals surface area contributed by atoms with Gasteiger partial charge < -0.3 is 0 Å². The number of thiophene rings is 1. The summed E-state index contributed by atoms with van der Waals surface area (Å²) in [5.74, 6) is 0. The molecular formula is C55H36S. The van der Waals surface area contributed by atoms with E-state index in [-0.39, 0.29) is 5.41 Å². The average molecular weight is 729 g/mol. The van der Waals surface area contributed by atoms with Crippen molar-refractivity contribution in [1.82, 2.24) is 0 Å². The van der Waals surface area contributed by atoms with Crippen LogP contribution in [0.1, 0.15) is 25.0 Å². The fourth-order valence-electron chi connectivity index (χ4n) is 10.2. The second-order valence-electron chi connectivity index (χ2n) is 15.9. The first-order valence-corrected chi connectivity index (χ1v) is 20.4. The SMILES string of the molecule is CC1(C)c2ccc(-c3ccc(-c4c5ccccc5c(-c5cccc6c5sc5ccccc56)c5ccccc45)cc3)cc2-c2c1c1ccccc1c1ccccc21. The summed E-state index contributed by atoms with van der Waals surface area (Å²) in [6.07, 6.45) is 0. The zero-order valence-electron chi connectivity index (χ0n) is 31.2. The highest BCUT2D eigenvalue weighted by Crippen LogP contribution is 2.55. The van der Waals surface area contributed by atoms with Crippen molar-refractivity contribution in [1.29, 1.82) is 0 Å². The molecule has 11 aromatic rings. The van der Waals surface area contributed by atoms with E-state index in [1.165, 1.54) is 119 Å². The normalized spacial score (nSPS) is 13.3. The van der Waals surface area contributed by atoms with Crippen LogP contribution in [0, 0.1) is 0 Å². The minimum absolute atomic E-state index is 0.104. The van der Waals surface area contributed by atoms with Crippen LogP contribution in [0.25, 0.3) is 108 Å². The molecule has 0 unspecified atom stereocenters. The third-order valence-corrected chi connectivity index (χ3v) is 13.9. The van der Waals surface area contributed by atoms with Gasteiger partial charge in [-0.3, -0.25) is 0 Å². The Morgan fingerprint density at radius 2 is 0.821 bits per heavy atom. The summed E-state index contributed by atoms with van der Waals surface area (Å²) in [6.45, 7) is 4.80. The van der Waals surface area contributed by atoms with E-state index in [1.54, 1.807) is 0 Å². The smallest absolute Gasteiger partial charge is 0.0434 e. The Morgan fingerprint density at radius 3 is 1.48 bits per heavy atom. The predicted molar refractivity (Wildman–Crippen MR) is 243 cm³/mol. The maximum Gasteiger partial charge on any atom is 0.0434 e. The van der Waals surface area contributed by atoms with Crippen molar-refractivity contribution < 1.29 is 0 Å². The Hall–Kier alpha value is -6.54. The van der Waals surface area contributed by atoms with Crippen LogP contribution in [0.5, 0.6) is 0 Å².